The Morgan fingerprint density at radius 2 is 1.80 bits per heavy atom. The number of rotatable bonds is 9. The Balaban J connectivity index is 1.88. The van der Waals surface area contributed by atoms with Gasteiger partial charge in [-0.15, -0.1) is 0 Å². The topological polar surface area (TPSA) is 141 Å². The molecule has 0 bridgehead atoms. The normalized spacial score (nSPS) is 20.6. The Morgan fingerprint density at radius 3 is 2.44 bits per heavy atom. The van der Waals surface area contributed by atoms with Crippen LogP contribution < -0.4 is 15.4 Å². The first-order valence-corrected chi connectivity index (χ1v) is 15.8. The van der Waals surface area contributed by atoms with Crippen LogP contribution in [0.4, 0.5) is 10.5 Å². The molecule has 45 heavy (non-hydrogen) atoms. The van der Waals surface area contributed by atoms with Gasteiger partial charge in [0.15, 0.2) is 0 Å². The molecule has 0 spiro atoms. The SMILES string of the molecule is CC(C)NC(=O)Nc1ccc2c(c1)C(=O)N([C@@H](C)CO)C[C@H](C)[C@@H](CN(C)Cc1ccc(C(=O)O)cc1)OCCCC[C@@H](C)O2. The molecule has 4 atom stereocenters. The van der Waals surface area contributed by atoms with Crippen LogP contribution in [-0.4, -0.2) is 95.6 Å². The molecule has 0 radical (unpaired) electrons. The number of amides is 3. The average Bonchev–Trinajstić information content (AvgIpc) is 2.98. The maximum atomic E-state index is 14.2. The van der Waals surface area contributed by atoms with E-state index in [-0.39, 0.29) is 48.3 Å². The molecule has 0 aromatic heterocycles. The molecule has 11 heteroatoms. The second kappa shape index (κ2) is 17.1. The van der Waals surface area contributed by atoms with Crippen LogP contribution in [-0.2, 0) is 11.3 Å². The van der Waals surface area contributed by atoms with Gasteiger partial charge in [0.05, 0.1) is 36.0 Å². The first-order valence-electron chi connectivity index (χ1n) is 15.8. The van der Waals surface area contributed by atoms with Gasteiger partial charge in [0.2, 0.25) is 0 Å². The van der Waals surface area contributed by atoms with E-state index in [0.29, 0.717) is 43.2 Å². The van der Waals surface area contributed by atoms with Crippen LogP contribution >= 0.6 is 0 Å². The van der Waals surface area contributed by atoms with Crippen molar-refractivity contribution in [1.29, 1.82) is 0 Å². The van der Waals surface area contributed by atoms with Gasteiger partial charge >= 0.3 is 12.0 Å². The van der Waals surface area contributed by atoms with E-state index < -0.39 is 12.0 Å². The number of aliphatic hydroxyl groups is 1. The molecule has 11 nitrogen and oxygen atoms in total. The van der Waals surface area contributed by atoms with Crippen molar-refractivity contribution in [2.45, 2.75) is 84.7 Å². The summed E-state index contributed by atoms with van der Waals surface area (Å²) in [6, 6.07) is 11.0. The molecule has 248 valence electrons. The highest BCUT2D eigenvalue weighted by Crippen LogP contribution is 2.28. The molecule has 0 fully saturated rings. The van der Waals surface area contributed by atoms with Crippen molar-refractivity contribution < 1.29 is 34.1 Å². The van der Waals surface area contributed by atoms with Crippen molar-refractivity contribution in [3.05, 3.63) is 59.2 Å². The number of hydrogen-bond acceptors (Lipinski definition) is 7. The van der Waals surface area contributed by atoms with E-state index in [2.05, 4.69) is 15.5 Å². The molecular weight excluding hydrogens is 576 g/mol. The van der Waals surface area contributed by atoms with Gasteiger partial charge in [-0.2, -0.15) is 0 Å². The largest absolute Gasteiger partial charge is 0.490 e. The van der Waals surface area contributed by atoms with Crippen molar-refractivity contribution in [2.75, 3.05) is 38.7 Å². The van der Waals surface area contributed by atoms with Crippen LogP contribution in [0.2, 0.25) is 0 Å². The van der Waals surface area contributed by atoms with Crippen molar-refractivity contribution in [3.63, 3.8) is 0 Å². The highest BCUT2D eigenvalue weighted by Gasteiger charge is 2.30. The second-order valence-corrected chi connectivity index (χ2v) is 12.5. The first-order chi connectivity index (χ1) is 21.4. The summed E-state index contributed by atoms with van der Waals surface area (Å²) in [6.45, 7) is 11.4. The summed E-state index contributed by atoms with van der Waals surface area (Å²) in [5, 5.41) is 25.0. The smallest absolute Gasteiger partial charge is 0.335 e. The van der Waals surface area contributed by atoms with E-state index in [9.17, 15) is 24.6 Å². The number of hydrogen-bond donors (Lipinski definition) is 4. The van der Waals surface area contributed by atoms with Gasteiger partial charge < -0.3 is 35.2 Å². The van der Waals surface area contributed by atoms with Gasteiger partial charge in [0, 0.05) is 43.9 Å². The van der Waals surface area contributed by atoms with Gasteiger partial charge in [-0.1, -0.05) is 19.1 Å². The molecule has 0 saturated carbocycles. The number of benzene rings is 2. The number of aromatic carboxylic acids is 1. The van der Waals surface area contributed by atoms with E-state index in [1.165, 1.54) is 0 Å². The molecule has 1 heterocycles. The number of carboxylic acid groups (broad SMARTS) is 1. The Bertz CT molecular complexity index is 1270. The van der Waals surface area contributed by atoms with E-state index in [4.69, 9.17) is 9.47 Å². The number of fused-ring (bicyclic) bond motifs is 1. The molecule has 1 aliphatic rings. The fraction of sp³-hybridized carbons (Fsp3) is 0.559. The average molecular weight is 627 g/mol. The number of anilines is 1. The van der Waals surface area contributed by atoms with Crippen LogP contribution in [0.15, 0.2) is 42.5 Å². The quantitative estimate of drug-likeness (QED) is 0.310. The zero-order valence-electron chi connectivity index (χ0n) is 27.4. The number of nitrogens with one attached hydrogen (secondary N) is 2. The number of urea groups is 1. The fourth-order valence-electron chi connectivity index (χ4n) is 5.33. The van der Waals surface area contributed by atoms with Gasteiger partial charge in [0.1, 0.15) is 5.75 Å². The molecule has 3 amide bonds. The zero-order valence-corrected chi connectivity index (χ0v) is 27.4. The number of carbonyl (C=O) groups excluding carboxylic acids is 2. The van der Waals surface area contributed by atoms with Crippen LogP contribution in [0.1, 0.15) is 80.2 Å². The third kappa shape index (κ3) is 11.0. The molecule has 1 aliphatic heterocycles. The minimum Gasteiger partial charge on any atom is -0.490 e. The Hall–Kier alpha value is -3.67. The monoisotopic (exact) mass is 626 g/mol. The predicted octanol–water partition coefficient (Wildman–Crippen LogP) is 4.84. The van der Waals surface area contributed by atoms with E-state index in [0.717, 1.165) is 24.8 Å². The summed E-state index contributed by atoms with van der Waals surface area (Å²) in [5.41, 5.74) is 2.00. The molecule has 0 saturated heterocycles. The lowest BCUT2D eigenvalue weighted by Gasteiger charge is -2.36. The standard InChI is InChI=1S/C34H50N4O7/c1-22(2)35-34(43)36-28-14-15-30-29(17-28)32(40)38(24(4)21-39)18-23(3)31(44-16-8-7-9-25(5)45-30)20-37(6)19-26-10-12-27(13-11-26)33(41)42/h10-15,17,22-25,31,39H,7-9,16,18-21H2,1-6H3,(H,41,42)(H2,35,36,43)/t23-,24-,25+,31+/m0/s1. The van der Waals surface area contributed by atoms with Gasteiger partial charge in [-0.05, 0) is 89.9 Å². The van der Waals surface area contributed by atoms with E-state index in [1.807, 2.05) is 46.9 Å². The number of aliphatic hydroxyl groups excluding tert-OH is 1. The van der Waals surface area contributed by atoms with Crippen LogP contribution in [0.25, 0.3) is 0 Å². The van der Waals surface area contributed by atoms with Gasteiger partial charge in [0.25, 0.3) is 5.91 Å². The minimum atomic E-state index is -0.958. The lowest BCUT2D eigenvalue weighted by molar-refractivity contribution is -0.0177. The molecule has 3 rings (SSSR count). The number of nitrogens with zero attached hydrogens (tertiary/aromatic N) is 2. The van der Waals surface area contributed by atoms with Crippen LogP contribution in [0.5, 0.6) is 5.75 Å². The lowest BCUT2D eigenvalue weighted by Crippen LogP contribution is -2.47. The molecule has 2 aromatic rings. The van der Waals surface area contributed by atoms with E-state index in [1.54, 1.807) is 42.2 Å². The summed E-state index contributed by atoms with van der Waals surface area (Å²) in [7, 11) is 1.99. The van der Waals surface area contributed by atoms with Crippen LogP contribution in [0, 0.1) is 5.92 Å². The number of carboxylic acids is 1. The fourth-order valence-corrected chi connectivity index (χ4v) is 5.33. The molecule has 4 N–H and O–H groups in total. The van der Waals surface area contributed by atoms with Gasteiger partial charge in [-0.3, -0.25) is 9.69 Å². The highest BCUT2D eigenvalue weighted by molar-refractivity contribution is 5.99. The zero-order chi connectivity index (χ0) is 33.1. The molecule has 0 unspecified atom stereocenters. The van der Waals surface area contributed by atoms with Crippen molar-refractivity contribution >= 4 is 23.6 Å². The first kappa shape index (κ1) is 35.8. The summed E-state index contributed by atoms with van der Waals surface area (Å²) < 4.78 is 12.7. The Labute approximate surface area is 266 Å². The number of carbonyl (C=O) groups is 3. The van der Waals surface area contributed by atoms with Crippen molar-refractivity contribution in [3.8, 4) is 5.75 Å². The highest BCUT2D eigenvalue weighted by atomic mass is 16.5. The Morgan fingerprint density at radius 1 is 1.09 bits per heavy atom. The summed E-state index contributed by atoms with van der Waals surface area (Å²) in [6.07, 6.45) is 2.16. The van der Waals surface area contributed by atoms with E-state index >= 15 is 0 Å². The minimum absolute atomic E-state index is 0.0535. The predicted molar refractivity (Wildman–Crippen MR) is 174 cm³/mol. The summed E-state index contributed by atoms with van der Waals surface area (Å²) >= 11 is 0. The van der Waals surface area contributed by atoms with Crippen molar-refractivity contribution in [2.24, 2.45) is 5.92 Å². The number of likely N-dealkylation sites (N-methyl/N-ethyl adjacent to an activating group) is 1. The molecular formula is C34H50N4O7. The third-order valence-corrected chi connectivity index (χ3v) is 7.87. The lowest BCUT2D eigenvalue weighted by atomic mass is 10.0. The maximum Gasteiger partial charge on any atom is 0.335 e. The molecule has 2 aromatic carbocycles. The summed E-state index contributed by atoms with van der Waals surface area (Å²) in [4.78, 5) is 41.7. The number of ether oxygens (including phenoxy) is 2. The summed E-state index contributed by atoms with van der Waals surface area (Å²) in [5.74, 6) is -0.922. The Kier molecular flexibility index (Phi) is 13.6. The van der Waals surface area contributed by atoms with Crippen LogP contribution in [0.3, 0.4) is 0 Å². The second-order valence-electron chi connectivity index (χ2n) is 12.5. The van der Waals surface area contributed by atoms with Gasteiger partial charge in [-0.25, -0.2) is 9.59 Å². The molecule has 0 aliphatic carbocycles. The third-order valence-electron chi connectivity index (χ3n) is 7.87. The van der Waals surface area contributed by atoms with Crippen molar-refractivity contribution in [1.82, 2.24) is 15.1 Å². The maximum absolute atomic E-state index is 14.2.